The largest absolute Gasteiger partial charge is 0.459 e. The maximum atomic E-state index is 12.9. The summed E-state index contributed by atoms with van der Waals surface area (Å²) in [7, 11) is 0. The summed E-state index contributed by atoms with van der Waals surface area (Å²) >= 11 is 1.70. The molecule has 0 spiro atoms. The Labute approximate surface area is 142 Å². The van der Waals surface area contributed by atoms with Crippen LogP contribution in [0.3, 0.4) is 0 Å². The first-order valence-electron chi connectivity index (χ1n) is 8.26. The van der Waals surface area contributed by atoms with Crippen LogP contribution >= 0.6 is 11.8 Å². The van der Waals surface area contributed by atoms with Crippen molar-refractivity contribution >= 4 is 23.6 Å². The molecule has 1 aliphatic heterocycles. The van der Waals surface area contributed by atoms with E-state index in [2.05, 4.69) is 13.8 Å². The fourth-order valence-electron chi connectivity index (χ4n) is 2.88. The maximum Gasteiger partial charge on any atom is 0.291 e. The molecule has 0 saturated carbocycles. The molecule has 2 atom stereocenters. The van der Waals surface area contributed by atoms with Crippen molar-refractivity contribution < 1.29 is 14.0 Å². The van der Waals surface area contributed by atoms with Gasteiger partial charge in [0.05, 0.1) is 11.6 Å². The molecule has 2 rings (SSSR count). The Bertz CT molecular complexity index is 526. The van der Waals surface area contributed by atoms with Gasteiger partial charge in [-0.15, -0.1) is 11.8 Å². The smallest absolute Gasteiger partial charge is 0.291 e. The van der Waals surface area contributed by atoms with E-state index >= 15 is 0 Å². The van der Waals surface area contributed by atoms with Gasteiger partial charge < -0.3 is 14.2 Å². The molecule has 0 aromatic carbocycles. The number of thioether (sulfide) groups is 1. The Balaban J connectivity index is 2.26. The standard InChI is InChI=1S/C17H26N2O3S/c1-5-18(6-2)16(20)13-11-23-15(10-12(3)4)19(13)17(21)14-8-7-9-22-14/h7-9,12-13,15H,5-6,10-11H2,1-4H3. The quantitative estimate of drug-likeness (QED) is 0.800. The van der Waals surface area contributed by atoms with Crippen LogP contribution in [-0.2, 0) is 4.79 Å². The summed E-state index contributed by atoms with van der Waals surface area (Å²) in [6.07, 6.45) is 2.37. The van der Waals surface area contributed by atoms with Gasteiger partial charge in [0.15, 0.2) is 5.76 Å². The Morgan fingerprint density at radius 3 is 2.61 bits per heavy atom. The Kier molecular flexibility index (Phi) is 6.16. The molecule has 0 bridgehead atoms. The molecular weight excluding hydrogens is 312 g/mol. The third kappa shape index (κ3) is 3.91. The number of carbonyl (C=O) groups is 2. The molecule has 1 aromatic heterocycles. The van der Waals surface area contributed by atoms with Gasteiger partial charge >= 0.3 is 0 Å². The van der Waals surface area contributed by atoms with Gasteiger partial charge in [-0.05, 0) is 38.3 Å². The minimum Gasteiger partial charge on any atom is -0.459 e. The van der Waals surface area contributed by atoms with Crippen LogP contribution in [0.4, 0.5) is 0 Å². The molecule has 0 aliphatic carbocycles. The number of hydrogen-bond donors (Lipinski definition) is 0. The summed E-state index contributed by atoms with van der Waals surface area (Å²) in [4.78, 5) is 29.2. The molecule has 0 N–H and O–H groups in total. The third-order valence-electron chi connectivity index (χ3n) is 4.09. The lowest BCUT2D eigenvalue weighted by Crippen LogP contribution is -2.51. The average molecular weight is 338 g/mol. The fraction of sp³-hybridized carbons (Fsp3) is 0.647. The van der Waals surface area contributed by atoms with Crippen molar-refractivity contribution in [3.63, 3.8) is 0 Å². The van der Waals surface area contributed by atoms with E-state index < -0.39 is 6.04 Å². The van der Waals surface area contributed by atoms with Crippen molar-refractivity contribution in [3.05, 3.63) is 24.2 Å². The fourth-order valence-corrected chi connectivity index (χ4v) is 4.52. The summed E-state index contributed by atoms with van der Waals surface area (Å²) in [6.45, 7) is 9.52. The highest BCUT2D eigenvalue weighted by molar-refractivity contribution is 8.00. The van der Waals surface area contributed by atoms with Gasteiger partial charge in [0, 0.05) is 18.8 Å². The third-order valence-corrected chi connectivity index (χ3v) is 5.40. The molecule has 2 heterocycles. The van der Waals surface area contributed by atoms with E-state index in [1.54, 1.807) is 33.7 Å². The highest BCUT2D eigenvalue weighted by Gasteiger charge is 2.43. The molecule has 6 heteroatoms. The Morgan fingerprint density at radius 1 is 1.39 bits per heavy atom. The van der Waals surface area contributed by atoms with E-state index in [4.69, 9.17) is 4.42 Å². The van der Waals surface area contributed by atoms with E-state index in [-0.39, 0.29) is 17.2 Å². The summed E-state index contributed by atoms with van der Waals surface area (Å²) in [5, 5.41) is 0.0251. The summed E-state index contributed by atoms with van der Waals surface area (Å²) in [5.41, 5.74) is 0. The minimum absolute atomic E-state index is 0.0251. The number of carbonyl (C=O) groups excluding carboxylic acids is 2. The normalized spacial score (nSPS) is 21.0. The maximum absolute atomic E-state index is 12.9. The van der Waals surface area contributed by atoms with E-state index in [1.807, 2.05) is 13.8 Å². The molecule has 0 radical (unpaired) electrons. The van der Waals surface area contributed by atoms with Crippen molar-refractivity contribution in [2.45, 2.75) is 45.5 Å². The van der Waals surface area contributed by atoms with Crippen molar-refractivity contribution in [2.75, 3.05) is 18.8 Å². The molecule has 23 heavy (non-hydrogen) atoms. The molecule has 1 saturated heterocycles. The molecule has 5 nitrogen and oxygen atoms in total. The SMILES string of the molecule is CCN(CC)C(=O)C1CSC(CC(C)C)N1C(=O)c1ccco1. The highest BCUT2D eigenvalue weighted by Crippen LogP contribution is 2.35. The average Bonchev–Trinajstić information content (AvgIpc) is 3.16. The van der Waals surface area contributed by atoms with Crippen LogP contribution in [0.25, 0.3) is 0 Å². The number of nitrogens with zero attached hydrogens (tertiary/aromatic N) is 2. The predicted octanol–water partition coefficient (Wildman–Crippen LogP) is 3.08. The van der Waals surface area contributed by atoms with Gasteiger partial charge in [0.2, 0.25) is 5.91 Å². The molecule has 1 aliphatic rings. The van der Waals surface area contributed by atoms with Crippen LogP contribution in [0.5, 0.6) is 0 Å². The lowest BCUT2D eigenvalue weighted by atomic mass is 10.1. The van der Waals surface area contributed by atoms with Crippen molar-refractivity contribution in [1.29, 1.82) is 0 Å². The zero-order valence-electron chi connectivity index (χ0n) is 14.3. The monoisotopic (exact) mass is 338 g/mol. The predicted molar refractivity (Wildman–Crippen MR) is 92.3 cm³/mol. The number of rotatable bonds is 6. The zero-order chi connectivity index (χ0) is 17.0. The topological polar surface area (TPSA) is 53.8 Å². The van der Waals surface area contributed by atoms with Crippen molar-refractivity contribution in [1.82, 2.24) is 9.80 Å². The van der Waals surface area contributed by atoms with Crippen LogP contribution in [0.15, 0.2) is 22.8 Å². The number of furan rings is 1. The first-order valence-corrected chi connectivity index (χ1v) is 9.30. The first-order chi connectivity index (χ1) is 11.0. The van der Waals surface area contributed by atoms with Gasteiger partial charge in [-0.2, -0.15) is 0 Å². The van der Waals surface area contributed by atoms with E-state index in [0.717, 1.165) is 6.42 Å². The highest BCUT2D eigenvalue weighted by atomic mass is 32.2. The van der Waals surface area contributed by atoms with Gasteiger partial charge in [0.1, 0.15) is 6.04 Å². The molecule has 1 aromatic rings. The summed E-state index contributed by atoms with van der Waals surface area (Å²) in [5.74, 6) is 1.27. The summed E-state index contributed by atoms with van der Waals surface area (Å²) in [6, 6.07) is 2.97. The molecule has 128 valence electrons. The second-order valence-corrected chi connectivity index (χ2v) is 7.34. The van der Waals surface area contributed by atoms with Crippen LogP contribution in [0.2, 0.25) is 0 Å². The van der Waals surface area contributed by atoms with Crippen LogP contribution in [0.1, 0.15) is 44.7 Å². The minimum atomic E-state index is -0.402. The number of amides is 2. The van der Waals surface area contributed by atoms with Gasteiger partial charge in [-0.3, -0.25) is 9.59 Å². The Hall–Kier alpha value is -1.43. The molecule has 2 unspecified atom stereocenters. The van der Waals surface area contributed by atoms with Crippen LogP contribution < -0.4 is 0 Å². The van der Waals surface area contributed by atoms with Gasteiger partial charge in [0.25, 0.3) is 5.91 Å². The van der Waals surface area contributed by atoms with Crippen molar-refractivity contribution in [3.8, 4) is 0 Å². The van der Waals surface area contributed by atoms with Gasteiger partial charge in [-0.25, -0.2) is 0 Å². The van der Waals surface area contributed by atoms with Crippen LogP contribution in [-0.4, -0.2) is 51.9 Å². The molecule has 2 amide bonds. The molecular formula is C17H26N2O3S. The van der Waals surface area contributed by atoms with E-state index in [0.29, 0.717) is 30.5 Å². The first kappa shape index (κ1) is 17.9. The lowest BCUT2D eigenvalue weighted by molar-refractivity contribution is -0.134. The zero-order valence-corrected chi connectivity index (χ0v) is 15.1. The van der Waals surface area contributed by atoms with Gasteiger partial charge in [-0.1, -0.05) is 13.8 Å². The Morgan fingerprint density at radius 2 is 2.09 bits per heavy atom. The summed E-state index contributed by atoms with van der Waals surface area (Å²) < 4.78 is 5.28. The number of likely N-dealkylation sites (N-methyl/N-ethyl adjacent to an activating group) is 1. The molecule has 1 fully saturated rings. The van der Waals surface area contributed by atoms with Crippen LogP contribution in [0, 0.1) is 5.92 Å². The lowest BCUT2D eigenvalue weighted by Gasteiger charge is -2.31. The van der Waals surface area contributed by atoms with E-state index in [9.17, 15) is 9.59 Å². The second kappa shape index (κ2) is 7.90. The number of hydrogen-bond acceptors (Lipinski definition) is 4. The van der Waals surface area contributed by atoms with E-state index in [1.165, 1.54) is 6.26 Å². The second-order valence-electron chi connectivity index (χ2n) is 6.13. The van der Waals surface area contributed by atoms with Crippen molar-refractivity contribution in [2.24, 2.45) is 5.92 Å².